The predicted octanol–water partition coefficient (Wildman–Crippen LogP) is 4.42. The number of rotatable bonds is 2. The molecule has 0 spiro atoms. The average Bonchev–Trinajstić information content (AvgIpc) is 2.32. The number of hydrogen-bond donors (Lipinski definition) is 0. The van der Waals surface area contributed by atoms with Crippen molar-refractivity contribution in [2.75, 3.05) is 0 Å². The summed E-state index contributed by atoms with van der Waals surface area (Å²) in [5, 5.41) is 0. The first-order valence-corrected chi connectivity index (χ1v) is 5.64. The number of allylic oxidation sites excluding steroid dienone is 2. The van der Waals surface area contributed by atoms with Crippen LogP contribution in [-0.4, -0.2) is 0 Å². The predicted molar refractivity (Wildman–Crippen MR) is 59.7 cm³/mol. The molecule has 0 N–H and O–H groups in total. The normalized spacial score (nSPS) is 33.8. The van der Waals surface area contributed by atoms with Gasteiger partial charge in [-0.1, -0.05) is 39.3 Å². The SMILES string of the molecule is CC/C(C)=C\C1CCC(C)(C)[C@H]1C. The summed E-state index contributed by atoms with van der Waals surface area (Å²) >= 11 is 0. The second kappa shape index (κ2) is 3.86. The Morgan fingerprint density at radius 1 is 1.46 bits per heavy atom. The minimum absolute atomic E-state index is 0.565. The van der Waals surface area contributed by atoms with Gasteiger partial charge < -0.3 is 0 Å². The van der Waals surface area contributed by atoms with Crippen molar-refractivity contribution < 1.29 is 0 Å². The highest BCUT2D eigenvalue weighted by molar-refractivity contribution is 5.05. The van der Waals surface area contributed by atoms with Gasteiger partial charge in [0.25, 0.3) is 0 Å². The second-order valence-corrected chi connectivity index (χ2v) is 5.35. The summed E-state index contributed by atoms with van der Waals surface area (Å²) in [4.78, 5) is 0. The molecule has 0 radical (unpaired) electrons. The van der Waals surface area contributed by atoms with E-state index in [1.807, 2.05) is 0 Å². The number of hydrogen-bond acceptors (Lipinski definition) is 0. The summed E-state index contributed by atoms with van der Waals surface area (Å²) in [6, 6.07) is 0. The Labute approximate surface area is 83.4 Å². The van der Waals surface area contributed by atoms with E-state index in [2.05, 4.69) is 40.7 Å². The van der Waals surface area contributed by atoms with Crippen LogP contribution in [0.4, 0.5) is 0 Å². The van der Waals surface area contributed by atoms with Crippen molar-refractivity contribution in [2.24, 2.45) is 17.3 Å². The molecular formula is C13H24. The van der Waals surface area contributed by atoms with Gasteiger partial charge in [0.15, 0.2) is 0 Å². The van der Waals surface area contributed by atoms with Gasteiger partial charge in [0, 0.05) is 0 Å². The summed E-state index contributed by atoms with van der Waals surface area (Å²) in [5.41, 5.74) is 2.13. The standard InChI is InChI=1S/C13H24/c1-6-10(2)9-12-7-8-13(4,5)11(12)3/h9,11-12H,6-8H2,1-5H3/b10-9-/t11-,12?/m0/s1. The second-order valence-electron chi connectivity index (χ2n) is 5.35. The summed E-state index contributed by atoms with van der Waals surface area (Å²) in [6.45, 7) is 11.7. The molecule has 1 fully saturated rings. The van der Waals surface area contributed by atoms with Gasteiger partial charge in [0.2, 0.25) is 0 Å². The zero-order valence-corrected chi connectivity index (χ0v) is 9.85. The van der Waals surface area contributed by atoms with Gasteiger partial charge in [-0.3, -0.25) is 0 Å². The first-order chi connectivity index (χ1) is 5.97. The monoisotopic (exact) mass is 180 g/mol. The fourth-order valence-electron chi connectivity index (χ4n) is 2.31. The van der Waals surface area contributed by atoms with E-state index < -0.39 is 0 Å². The van der Waals surface area contributed by atoms with E-state index in [9.17, 15) is 0 Å². The molecule has 0 aromatic heterocycles. The van der Waals surface area contributed by atoms with Crippen LogP contribution in [0.2, 0.25) is 0 Å². The molecule has 1 aliphatic carbocycles. The highest BCUT2D eigenvalue weighted by Gasteiger charge is 2.37. The van der Waals surface area contributed by atoms with Crippen LogP contribution < -0.4 is 0 Å². The van der Waals surface area contributed by atoms with Crippen molar-refractivity contribution in [3.05, 3.63) is 11.6 Å². The van der Waals surface area contributed by atoms with E-state index in [0.29, 0.717) is 5.41 Å². The van der Waals surface area contributed by atoms with Gasteiger partial charge >= 0.3 is 0 Å². The van der Waals surface area contributed by atoms with E-state index >= 15 is 0 Å². The Morgan fingerprint density at radius 3 is 2.46 bits per heavy atom. The molecule has 1 aliphatic rings. The van der Waals surface area contributed by atoms with E-state index in [1.54, 1.807) is 5.57 Å². The van der Waals surface area contributed by atoms with Crippen LogP contribution in [0.5, 0.6) is 0 Å². The first-order valence-electron chi connectivity index (χ1n) is 5.64. The lowest BCUT2D eigenvalue weighted by Gasteiger charge is -2.26. The Morgan fingerprint density at radius 2 is 2.08 bits per heavy atom. The molecule has 0 aliphatic heterocycles. The van der Waals surface area contributed by atoms with Gasteiger partial charge in [-0.2, -0.15) is 0 Å². The van der Waals surface area contributed by atoms with Crippen LogP contribution in [0.3, 0.4) is 0 Å². The van der Waals surface area contributed by atoms with Crippen molar-refractivity contribution >= 4 is 0 Å². The molecule has 0 amide bonds. The Hall–Kier alpha value is -0.260. The maximum absolute atomic E-state index is 2.51. The summed E-state index contributed by atoms with van der Waals surface area (Å²) in [7, 11) is 0. The molecule has 1 saturated carbocycles. The van der Waals surface area contributed by atoms with Gasteiger partial charge in [0.05, 0.1) is 0 Å². The van der Waals surface area contributed by atoms with Crippen LogP contribution in [-0.2, 0) is 0 Å². The summed E-state index contributed by atoms with van der Waals surface area (Å²) in [6.07, 6.45) is 6.51. The van der Waals surface area contributed by atoms with Crippen molar-refractivity contribution in [1.29, 1.82) is 0 Å². The first kappa shape index (κ1) is 10.8. The van der Waals surface area contributed by atoms with Gasteiger partial charge in [-0.25, -0.2) is 0 Å². The van der Waals surface area contributed by atoms with Crippen LogP contribution in [0.1, 0.15) is 53.9 Å². The minimum atomic E-state index is 0.565. The summed E-state index contributed by atoms with van der Waals surface area (Å²) in [5.74, 6) is 1.70. The Kier molecular flexibility index (Phi) is 3.21. The molecule has 0 aromatic carbocycles. The van der Waals surface area contributed by atoms with E-state index in [-0.39, 0.29) is 0 Å². The highest BCUT2D eigenvalue weighted by Crippen LogP contribution is 2.46. The molecule has 0 nitrogen and oxygen atoms in total. The van der Waals surface area contributed by atoms with Gasteiger partial charge in [-0.05, 0) is 43.4 Å². The Balaban J connectivity index is 2.66. The van der Waals surface area contributed by atoms with Crippen LogP contribution >= 0.6 is 0 Å². The molecule has 0 heteroatoms. The molecule has 0 aromatic rings. The Bertz CT molecular complexity index is 198. The lowest BCUT2D eigenvalue weighted by molar-refractivity contribution is 0.258. The molecule has 13 heavy (non-hydrogen) atoms. The van der Waals surface area contributed by atoms with Crippen molar-refractivity contribution in [2.45, 2.75) is 53.9 Å². The van der Waals surface area contributed by atoms with Crippen LogP contribution in [0.15, 0.2) is 11.6 Å². The third kappa shape index (κ3) is 2.36. The van der Waals surface area contributed by atoms with Crippen LogP contribution in [0.25, 0.3) is 0 Å². The third-order valence-corrected chi connectivity index (χ3v) is 4.05. The smallest absolute Gasteiger partial charge is 0.0200 e. The molecule has 0 bridgehead atoms. The van der Waals surface area contributed by atoms with Crippen molar-refractivity contribution in [1.82, 2.24) is 0 Å². The van der Waals surface area contributed by atoms with E-state index in [1.165, 1.54) is 19.3 Å². The average molecular weight is 180 g/mol. The summed E-state index contributed by atoms with van der Waals surface area (Å²) < 4.78 is 0. The highest BCUT2D eigenvalue weighted by atomic mass is 14.4. The van der Waals surface area contributed by atoms with Gasteiger partial charge in [-0.15, -0.1) is 0 Å². The van der Waals surface area contributed by atoms with Crippen molar-refractivity contribution in [3.63, 3.8) is 0 Å². The van der Waals surface area contributed by atoms with E-state index in [0.717, 1.165) is 11.8 Å². The minimum Gasteiger partial charge on any atom is -0.0822 e. The lowest BCUT2D eigenvalue weighted by atomic mass is 9.80. The fraction of sp³-hybridized carbons (Fsp3) is 0.846. The molecule has 0 heterocycles. The quantitative estimate of drug-likeness (QED) is 0.552. The maximum Gasteiger partial charge on any atom is -0.0200 e. The van der Waals surface area contributed by atoms with Gasteiger partial charge in [0.1, 0.15) is 0 Å². The molecule has 1 unspecified atom stereocenters. The van der Waals surface area contributed by atoms with Crippen molar-refractivity contribution in [3.8, 4) is 0 Å². The zero-order valence-electron chi connectivity index (χ0n) is 9.85. The third-order valence-electron chi connectivity index (χ3n) is 4.05. The molecule has 1 rings (SSSR count). The maximum atomic E-state index is 2.51. The van der Waals surface area contributed by atoms with E-state index in [4.69, 9.17) is 0 Å². The molecule has 0 saturated heterocycles. The fourth-order valence-corrected chi connectivity index (χ4v) is 2.31. The molecule has 76 valence electrons. The molecular weight excluding hydrogens is 156 g/mol. The molecule has 2 atom stereocenters. The largest absolute Gasteiger partial charge is 0.0822 e. The lowest BCUT2D eigenvalue weighted by Crippen LogP contribution is -2.17. The zero-order chi connectivity index (χ0) is 10.1. The topological polar surface area (TPSA) is 0 Å². The van der Waals surface area contributed by atoms with Crippen LogP contribution in [0, 0.1) is 17.3 Å².